The molecule has 1 rings (SSSR count). The van der Waals surface area contributed by atoms with Gasteiger partial charge in [0.05, 0.1) is 11.7 Å². The molecule has 2 atom stereocenters. The maximum Gasteiger partial charge on any atom is 0.0672 e. The lowest BCUT2D eigenvalue weighted by atomic mass is 9.80. The van der Waals surface area contributed by atoms with Crippen molar-refractivity contribution in [2.45, 2.75) is 76.9 Å². The first-order chi connectivity index (χ1) is 7.06. The Bertz CT molecular complexity index is 173. The molecule has 0 amide bonds. The van der Waals surface area contributed by atoms with E-state index in [1.807, 2.05) is 0 Å². The third kappa shape index (κ3) is 4.52. The number of hydrogen-bond donors (Lipinski definition) is 2. The highest BCUT2D eigenvalue weighted by Gasteiger charge is 2.31. The molecule has 15 heavy (non-hydrogen) atoms. The summed E-state index contributed by atoms with van der Waals surface area (Å²) in [4.78, 5) is 0. The van der Waals surface area contributed by atoms with E-state index in [1.165, 1.54) is 6.42 Å². The van der Waals surface area contributed by atoms with E-state index >= 15 is 0 Å². The van der Waals surface area contributed by atoms with Gasteiger partial charge in [-0.3, -0.25) is 0 Å². The summed E-state index contributed by atoms with van der Waals surface area (Å²) < 4.78 is 0. The predicted octanol–water partition coefficient (Wildman–Crippen LogP) is 2.87. The van der Waals surface area contributed by atoms with Gasteiger partial charge in [-0.1, -0.05) is 39.5 Å². The largest absolute Gasteiger partial charge is 0.393 e. The lowest BCUT2D eigenvalue weighted by Crippen LogP contribution is -2.36. The average Bonchev–Trinajstić information content (AvgIpc) is 2.17. The van der Waals surface area contributed by atoms with Crippen LogP contribution >= 0.6 is 0 Å². The molecule has 1 aliphatic carbocycles. The quantitative estimate of drug-likeness (QED) is 0.739. The van der Waals surface area contributed by atoms with Crippen molar-refractivity contribution in [1.82, 2.24) is 0 Å². The van der Waals surface area contributed by atoms with Gasteiger partial charge in [0.2, 0.25) is 0 Å². The van der Waals surface area contributed by atoms with Gasteiger partial charge in [-0.05, 0) is 25.2 Å². The highest BCUT2D eigenvalue weighted by molar-refractivity contribution is 4.84. The Morgan fingerprint density at radius 1 is 1.20 bits per heavy atom. The predicted molar refractivity (Wildman–Crippen MR) is 62.7 cm³/mol. The monoisotopic (exact) mass is 214 g/mol. The third-order valence-electron chi connectivity index (χ3n) is 3.77. The molecule has 2 N–H and O–H groups in total. The fourth-order valence-corrected chi connectivity index (χ4v) is 2.57. The van der Waals surface area contributed by atoms with Crippen LogP contribution in [0.5, 0.6) is 0 Å². The highest BCUT2D eigenvalue weighted by Crippen LogP contribution is 2.32. The van der Waals surface area contributed by atoms with Gasteiger partial charge < -0.3 is 10.2 Å². The molecule has 0 spiro atoms. The molecular weight excluding hydrogens is 188 g/mol. The fraction of sp³-hybridized carbons (Fsp3) is 1.00. The molecule has 2 unspecified atom stereocenters. The minimum atomic E-state index is -0.564. The van der Waals surface area contributed by atoms with Gasteiger partial charge in [-0.2, -0.15) is 0 Å². The zero-order valence-corrected chi connectivity index (χ0v) is 10.2. The summed E-state index contributed by atoms with van der Waals surface area (Å²) in [5.74, 6) is 0.562. The van der Waals surface area contributed by atoms with Crippen molar-refractivity contribution < 1.29 is 10.2 Å². The van der Waals surface area contributed by atoms with Crippen molar-refractivity contribution in [2.24, 2.45) is 5.92 Å². The SMILES string of the molecule is CCC(C)CC(O)CC1(O)CCCCC1. The van der Waals surface area contributed by atoms with Crippen LogP contribution in [0.2, 0.25) is 0 Å². The molecule has 90 valence electrons. The van der Waals surface area contributed by atoms with Gasteiger partial charge in [-0.25, -0.2) is 0 Å². The number of rotatable bonds is 5. The summed E-state index contributed by atoms with van der Waals surface area (Å²) in [5, 5.41) is 20.2. The maximum atomic E-state index is 10.3. The van der Waals surface area contributed by atoms with Crippen LogP contribution in [0.3, 0.4) is 0 Å². The summed E-state index contributed by atoms with van der Waals surface area (Å²) in [5.41, 5.74) is -0.564. The summed E-state index contributed by atoms with van der Waals surface area (Å²) in [6.07, 6.45) is 7.44. The molecule has 2 heteroatoms. The first-order valence-corrected chi connectivity index (χ1v) is 6.46. The summed E-state index contributed by atoms with van der Waals surface area (Å²) in [6, 6.07) is 0. The first-order valence-electron chi connectivity index (χ1n) is 6.46. The minimum Gasteiger partial charge on any atom is -0.393 e. The van der Waals surface area contributed by atoms with Gasteiger partial charge in [-0.15, -0.1) is 0 Å². The average molecular weight is 214 g/mol. The van der Waals surface area contributed by atoms with Crippen molar-refractivity contribution in [3.63, 3.8) is 0 Å². The Labute approximate surface area is 93.7 Å². The highest BCUT2D eigenvalue weighted by atomic mass is 16.3. The van der Waals surface area contributed by atoms with Crippen LogP contribution in [-0.4, -0.2) is 21.9 Å². The summed E-state index contributed by atoms with van der Waals surface area (Å²) in [6.45, 7) is 4.31. The minimum absolute atomic E-state index is 0.317. The van der Waals surface area contributed by atoms with Crippen molar-refractivity contribution >= 4 is 0 Å². The Hall–Kier alpha value is -0.0800. The van der Waals surface area contributed by atoms with E-state index < -0.39 is 5.60 Å². The normalized spacial score (nSPS) is 24.8. The van der Waals surface area contributed by atoms with E-state index in [0.717, 1.165) is 38.5 Å². The van der Waals surface area contributed by atoms with Crippen molar-refractivity contribution in [3.05, 3.63) is 0 Å². The van der Waals surface area contributed by atoms with Crippen LogP contribution in [0.1, 0.15) is 65.2 Å². The second kappa shape index (κ2) is 5.86. The molecule has 0 radical (unpaired) electrons. The van der Waals surface area contributed by atoms with Gasteiger partial charge in [0.15, 0.2) is 0 Å². The number of hydrogen-bond acceptors (Lipinski definition) is 2. The van der Waals surface area contributed by atoms with Crippen LogP contribution in [0.25, 0.3) is 0 Å². The van der Waals surface area contributed by atoms with E-state index in [9.17, 15) is 10.2 Å². The van der Waals surface area contributed by atoms with Gasteiger partial charge in [0, 0.05) is 6.42 Å². The summed E-state index contributed by atoms with van der Waals surface area (Å²) >= 11 is 0. The molecular formula is C13H26O2. The van der Waals surface area contributed by atoms with Crippen LogP contribution in [0.15, 0.2) is 0 Å². The van der Waals surface area contributed by atoms with Crippen LogP contribution in [0, 0.1) is 5.92 Å². The van der Waals surface area contributed by atoms with Crippen LogP contribution in [0.4, 0.5) is 0 Å². The second-order valence-corrected chi connectivity index (χ2v) is 5.39. The van der Waals surface area contributed by atoms with E-state index in [0.29, 0.717) is 12.3 Å². The fourth-order valence-electron chi connectivity index (χ4n) is 2.57. The van der Waals surface area contributed by atoms with E-state index in [1.54, 1.807) is 0 Å². The molecule has 0 bridgehead atoms. The van der Waals surface area contributed by atoms with Crippen LogP contribution < -0.4 is 0 Å². The molecule has 1 saturated carbocycles. The Morgan fingerprint density at radius 3 is 2.33 bits per heavy atom. The first kappa shape index (κ1) is 13.0. The number of aliphatic hydroxyl groups excluding tert-OH is 1. The zero-order valence-electron chi connectivity index (χ0n) is 10.2. The second-order valence-electron chi connectivity index (χ2n) is 5.39. The van der Waals surface area contributed by atoms with Crippen molar-refractivity contribution in [3.8, 4) is 0 Å². The third-order valence-corrected chi connectivity index (χ3v) is 3.77. The van der Waals surface area contributed by atoms with Crippen molar-refractivity contribution in [1.29, 1.82) is 0 Å². The number of aliphatic hydroxyl groups is 2. The van der Waals surface area contributed by atoms with E-state index in [2.05, 4.69) is 13.8 Å². The standard InChI is InChI=1S/C13H26O2/c1-3-11(2)9-12(14)10-13(15)7-5-4-6-8-13/h11-12,14-15H,3-10H2,1-2H3. The molecule has 1 aliphatic rings. The van der Waals surface area contributed by atoms with Crippen molar-refractivity contribution in [2.75, 3.05) is 0 Å². The summed E-state index contributed by atoms with van der Waals surface area (Å²) in [7, 11) is 0. The van der Waals surface area contributed by atoms with Gasteiger partial charge >= 0.3 is 0 Å². The van der Waals surface area contributed by atoms with Gasteiger partial charge in [0.25, 0.3) is 0 Å². The molecule has 0 aliphatic heterocycles. The topological polar surface area (TPSA) is 40.5 Å². The van der Waals surface area contributed by atoms with Gasteiger partial charge in [0.1, 0.15) is 0 Å². The smallest absolute Gasteiger partial charge is 0.0672 e. The maximum absolute atomic E-state index is 10.3. The molecule has 0 aromatic rings. The Kier molecular flexibility index (Phi) is 5.07. The molecule has 0 saturated heterocycles. The molecule has 2 nitrogen and oxygen atoms in total. The molecule has 0 heterocycles. The molecule has 0 aromatic carbocycles. The zero-order chi connectivity index (χ0) is 11.3. The lowest BCUT2D eigenvalue weighted by Gasteiger charge is -2.34. The van der Waals surface area contributed by atoms with E-state index in [-0.39, 0.29) is 6.10 Å². The van der Waals surface area contributed by atoms with E-state index in [4.69, 9.17) is 0 Å². The Morgan fingerprint density at radius 2 is 1.80 bits per heavy atom. The Balaban J connectivity index is 2.31. The van der Waals surface area contributed by atoms with Crippen LogP contribution in [-0.2, 0) is 0 Å². The molecule has 1 fully saturated rings. The lowest BCUT2D eigenvalue weighted by molar-refractivity contribution is -0.0416. The molecule has 0 aromatic heterocycles.